The van der Waals surface area contributed by atoms with Gasteiger partial charge in [-0.2, -0.15) is 0 Å². The van der Waals surface area contributed by atoms with Crippen LogP contribution in [0.5, 0.6) is 0 Å². The number of aromatic nitrogens is 3. The zero-order chi connectivity index (χ0) is 15.5. The minimum absolute atomic E-state index is 0.276. The van der Waals surface area contributed by atoms with Crippen LogP contribution in [0.3, 0.4) is 0 Å². The van der Waals surface area contributed by atoms with Crippen LogP contribution in [-0.2, 0) is 0 Å². The van der Waals surface area contributed by atoms with Crippen molar-refractivity contribution in [1.29, 1.82) is 0 Å². The quantitative estimate of drug-likeness (QED) is 0.753. The molecular formula is C16H13ClN4O. The Morgan fingerprint density at radius 1 is 1.18 bits per heavy atom. The molecule has 5 nitrogen and oxygen atoms in total. The van der Waals surface area contributed by atoms with Crippen molar-refractivity contribution < 1.29 is 4.79 Å². The summed E-state index contributed by atoms with van der Waals surface area (Å²) in [5.41, 5.74) is 2.29. The maximum atomic E-state index is 12.1. The number of benzene rings is 1. The molecule has 0 bridgehead atoms. The molecule has 3 aromatic rings. The zero-order valence-corrected chi connectivity index (χ0v) is 12.6. The van der Waals surface area contributed by atoms with Crippen molar-refractivity contribution in [3.8, 4) is 5.69 Å². The first kappa shape index (κ1) is 14.3. The van der Waals surface area contributed by atoms with Crippen molar-refractivity contribution in [2.24, 2.45) is 0 Å². The lowest BCUT2D eigenvalue weighted by atomic mass is 10.3. The summed E-state index contributed by atoms with van der Waals surface area (Å²) in [7, 11) is 0. The van der Waals surface area contributed by atoms with Gasteiger partial charge < -0.3 is 5.32 Å². The van der Waals surface area contributed by atoms with Crippen LogP contribution >= 0.6 is 11.6 Å². The molecule has 110 valence electrons. The Morgan fingerprint density at radius 2 is 1.95 bits per heavy atom. The van der Waals surface area contributed by atoms with Crippen LogP contribution in [0.4, 0.5) is 5.82 Å². The Labute approximate surface area is 132 Å². The van der Waals surface area contributed by atoms with Gasteiger partial charge in [0.1, 0.15) is 5.15 Å². The fraction of sp³-hybridized carbons (Fsp3) is 0.0625. The van der Waals surface area contributed by atoms with E-state index in [1.165, 1.54) is 6.20 Å². The second-order valence-electron chi connectivity index (χ2n) is 4.74. The molecule has 0 spiro atoms. The van der Waals surface area contributed by atoms with Gasteiger partial charge in [0.15, 0.2) is 5.82 Å². The van der Waals surface area contributed by atoms with Gasteiger partial charge in [0.2, 0.25) is 0 Å². The average Bonchev–Trinajstić information content (AvgIpc) is 2.89. The number of carbonyl (C=O) groups excluding carboxylic acids is 1. The Balaban J connectivity index is 1.82. The molecule has 0 aliphatic rings. The Bertz CT molecular complexity index is 797. The Kier molecular flexibility index (Phi) is 3.89. The average molecular weight is 313 g/mol. The summed E-state index contributed by atoms with van der Waals surface area (Å²) in [6.07, 6.45) is 1.43. The molecular weight excluding hydrogens is 300 g/mol. The van der Waals surface area contributed by atoms with E-state index in [-0.39, 0.29) is 5.91 Å². The number of hydrogen-bond donors (Lipinski definition) is 1. The minimum Gasteiger partial charge on any atom is -0.305 e. The molecule has 0 aliphatic heterocycles. The van der Waals surface area contributed by atoms with Crippen molar-refractivity contribution >= 4 is 23.3 Å². The van der Waals surface area contributed by atoms with Crippen molar-refractivity contribution in [2.45, 2.75) is 6.92 Å². The molecule has 0 fully saturated rings. The van der Waals surface area contributed by atoms with Crippen molar-refractivity contribution in [1.82, 2.24) is 14.8 Å². The third-order valence-corrected chi connectivity index (χ3v) is 3.34. The van der Waals surface area contributed by atoms with E-state index in [1.807, 2.05) is 43.3 Å². The molecule has 1 aromatic carbocycles. The molecule has 3 rings (SSSR count). The van der Waals surface area contributed by atoms with Crippen LogP contribution < -0.4 is 5.32 Å². The number of anilines is 1. The van der Waals surface area contributed by atoms with Crippen LogP contribution in [0.25, 0.3) is 5.69 Å². The van der Waals surface area contributed by atoms with E-state index in [2.05, 4.69) is 15.4 Å². The molecule has 0 atom stereocenters. The second-order valence-corrected chi connectivity index (χ2v) is 5.13. The number of carbonyl (C=O) groups is 1. The number of pyridine rings is 1. The Morgan fingerprint density at radius 3 is 2.64 bits per heavy atom. The van der Waals surface area contributed by atoms with E-state index in [0.717, 1.165) is 11.4 Å². The standard InChI is InChI=1S/C16H13ClN4O/c1-11-9-15(20-21(11)13-5-3-2-4-6-13)19-16(22)12-7-8-14(17)18-10-12/h2-10H,1H3,(H,19,20,22). The van der Waals surface area contributed by atoms with E-state index >= 15 is 0 Å². The first-order valence-corrected chi connectivity index (χ1v) is 7.06. The van der Waals surface area contributed by atoms with Gasteiger partial charge in [-0.15, -0.1) is 5.10 Å². The molecule has 6 heteroatoms. The van der Waals surface area contributed by atoms with Crippen LogP contribution in [0.15, 0.2) is 54.7 Å². The van der Waals surface area contributed by atoms with Crippen molar-refractivity contribution in [2.75, 3.05) is 5.32 Å². The summed E-state index contributed by atoms with van der Waals surface area (Å²) in [4.78, 5) is 16.0. The SMILES string of the molecule is Cc1cc(NC(=O)c2ccc(Cl)nc2)nn1-c1ccccc1. The predicted octanol–water partition coefficient (Wildman–Crippen LogP) is 3.48. The first-order chi connectivity index (χ1) is 10.6. The molecule has 0 radical (unpaired) electrons. The number of nitrogens with zero attached hydrogens (tertiary/aromatic N) is 3. The molecule has 0 saturated heterocycles. The maximum absolute atomic E-state index is 12.1. The summed E-state index contributed by atoms with van der Waals surface area (Å²) < 4.78 is 1.77. The monoisotopic (exact) mass is 312 g/mol. The molecule has 2 heterocycles. The topological polar surface area (TPSA) is 59.8 Å². The lowest BCUT2D eigenvalue weighted by Gasteiger charge is -2.03. The van der Waals surface area contributed by atoms with Crippen LogP contribution in [-0.4, -0.2) is 20.7 Å². The molecule has 1 amide bonds. The van der Waals surface area contributed by atoms with Gasteiger partial charge in [-0.05, 0) is 31.2 Å². The lowest BCUT2D eigenvalue weighted by Crippen LogP contribution is -2.12. The van der Waals surface area contributed by atoms with Gasteiger partial charge in [0, 0.05) is 18.0 Å². The molecule has 2 aromatic heterocycles. The van der Waals surface area contributed by atoms with Gasteiger partial charge in [0.05, 0.1) is 11.3 Å². The highest BCUT2D eigenvalue weighted by molar-refractivity contribution is 6.29. The van der Waals surface area contributed by atoms with Gasteiger partial charge in [-0.1, -0.05) is 29.8 Å². The van der Waals surface area contributed by atoms with Crippen molar-refractivity contribution in [3.05, 3.63) is 71.1 Å². The molecule has 22 heavy (non-hydrogen) atoms. The smallest absolute Gasteiger partial charge is 0.258 e. The number of nitrogens with one attached hydrogen (secondary N) is 1. The second kappa shape index (κ2) is 5.99. The van der Waals surface area contributed by atoms with Gasteiger partial charge in [-0.3, -0.25) is 4.79 Å². The number of aryl methyl sites for hydroxylation is 1. The molecule has 0 saturated carbocycles. The number of amides is 1. The van der Waals surface area contributed by atoms with Crippen LogP contribution in [0.1, 0.15) is 16.1 Å². The summed E-state index contributed by atoms with van der Waals surface area (Å²) >= 11 is 5.71. The van der Waals surface area contributed by atoms with Crippen LogP contribution in [0.2, 0.25) is 5.15 Å². The number of hydrogen-bond acceptors (Lipinski definition) is 3. The third-order valence-electron chi connectivity index (χ3n) is 3.12. The van der Waals surface area contributed by atoms with Gasteiger partial charge in [0.25, 0.3) is 5.91 Å². The van der Waals surface area contributed by atoms with Crippen molar-refractivity contribution in [3.63, 3.8) is 0 Å². The first-order valence-electron chi connectivity index (χ1n) is 6.68. The number of halogens is 1. The highest BCUT2D eigenvalue weighted by Gasteiger charge is 2.11. The minimum atomic E-state index is -0.276. The van der Waals surface area contributed by atoms with E-state index in [0.29, 0.717) is 16.5 Å². The number of para-hydroxylation sites is 1. The fourth-order valence-corrected chi connectivity index (χ4v) is 2.18. The maximum Gasteiger partial charge on any atom is 0.258 e. The predicted molar refractivity (Wildman–Crippen MR) is 85.5 cm³/mol. The highest BCUT2D eigenvalue weighted by atomic mass is 35.5. The van der Waals surface area contributed by atoms with E-state index < -0.39 is 0 Å². The summed E-state index contributed by atoms with van der Waals surface area (Å²) in [5, 5.41) is 7.50. The van der Waals surface area contributed by atoms with Crippen LogP contribution in [0, 0.1) is 6.92 Å². The third kappa shape index (κ3) is 2.99. The summed E-state index contributed by atoms with van der Waals surface area (Å²) in [6, 6.07) is 14.7. The fourth-order valence-electron chi connectivity index (χ4n) is 2.06. The van der Waals surface area contributed by atoms with E-state index in [4.69, 9.17) is 11.6 Å². The van der Waals surface area contributed by atoms with Gasteiger partial charge in [-0.25, -0.2) is 9.67 Å². The molecule has 0 aliphatic carbocycles. The lowest BCUT2D eigenvalue weighted by molar-refractivity contribution is 0.102. The van der Waals surface area contributed by atoms with E-state index in [1.54, 1.807) is 16.8 Å². The summed E-state index contributed by atoms with van der Waals surface area (Å²) in [6.45, 7) is 1.93. The van der Waals surface area contributed by atoms with Gasteiger partial charge >= 0.3 is 0 Å². The zero-order valence-electron chi connectivity index (χ0n) is 11.8. The Hall–Kier alpha value is -2.66. The molecule has 1 N–H and O–H groups in total. The normalized spacial score (nSPS) is 10.5. The number of rotatable bonds is 3. The largest absolute Gasteiger partial charge is 0.305 e. The van der Waals surface area contributed by atoms with E-state index in [9.17, 15) is 4.79 Å². The highest BCUT2D eigenvalue weighted by Crippen LogP contribution is 2.15. The molecule has 0 unspecified atom stereocenters. The summed E-state index contributed by atoms with van der Waals surface area (Å²) in [5.74, 6) is 0.211.